The summed E-state index contributed by atoms with van der Waals surface area (Å²) in [6, 6.07) is 0. The second kappa shape index (κ2) is 2.92. The van der Waals surface area contributed by atoms with Crippen molar-refractivity contribution in [2.75, 3.05) is 0 Å². The number of thioether (sulfide) groups is 1. The van der Waals surface area contributed by atoms with Gasteiger partial charge in [0.2, 0.25) is 0 Å². The third-order valence-electron chi connectivity index (χ3n) is 2.27. The molecular weight excluding hydrogens is 186 g/mol. The smallest absolute Gasteiger partial charge is 0.256 e. The van der Waals surface area contributed by atoms with Crippen LogP contribution in [0.5, 0.6) is 0 Å². The molecule has 1 aliphatic carbocycles. The van der Waals surface area contributed by atoms with E-state index in [1.54, 1.807) is 6.20 Å². The predicted octanol–water partition coefficient (Wildman–Crippen LogP) is 0.0621. The van der Waals surface area contributed by atoms with E-state index in [1.165, 1.54) is 24.6 Å². The first kappa shape index (κ1) is 8.90. The van der Waals surface area contributed by atoms with Crippen LogP contribution in [-0.4, -0.2) is 10.9 Å². The molecule has 1 unspecified atom stereocenters. The first-order valence-electron chi connectivity index (χ1n) is 4.35. The van der Waals surface area contributed by atoms with Gasteiger partial charge in [-0.3, -0.25) is 10.5 Å². The summed E-state index contributed by atoms with van der Waals surface area (Å²) in [5.74, 6) is 0.325. The van der Waals surface area contributed by atoms with Gasteiger partial charge < -0.3 is 11.1 Å². The van der Waals surface area contributed by atoms with Gasteiger partial charge in [0, 0.05) is 6.20 Å². The normalized spacial score (nSPS) is 32.5. The summed E-state index contributed by atoms with van der Waals surface area (Å²) in [6.07, 6.45) is 5.04. The van der Waals surface area contributed by atoms with Gasteiger partial charge in [0.25, 0.3) is 5.91 Å². The molecule has 1 aliphatic heterocycles. The summed E-state index contributed by atoms with van der Waals surface area (Å²) in [4.78, 5) is 10.9. The molecule has 2 rings (SSSR count). The van der Waals surface area contributed by atoms with Gasteiger partial charge in [0.1, 0.15) is 4.99 Å². The van der Waals surface area contributed by atoms with Crippen molar-refractivity contribution in [1.29, 1.82) is 0 Å². The summed E-state index contributed by atoms with van der Waals surface area (Å²) in [6.45, 7) is 0. The van der Waals surface area contributed by atoms with E-state index < -0.39 is 10.9 Å². The van der Waals surface area contributed by atoms with E-state index in [-0.39, 0.29) is 0 Å². The van der Waals surface area contributed by atoms with Gasteiger partial charge in [-0.1, -0.05) is 24.6 Å². The molecule has 2 aliphatic rings. The van der Waals surface area contributed by atoms with E-state index in [0.29, 0.717) is 4.91 Å². The fourth-order valence-corrected chi connectivity index (χ4v) is 2.46. The van der Waals surface area contributed by atoms with Gasteiger partial charge in [-0.05, 0) is 12.3 Å². The van der Waals surface area contributed by atoms with E-state index in [2.05, 4.69) is 5.32 Å². The van der Waals surface area contributed by atoms with Gasteiger partial charge in [-0.15, -0.1) is 0 Å². The summed E-state index contributed by atoms with van der Waals surface area (Å²) in [5, 5.41) is 3.01. The highest BCUT2D eigenvalue weighted by Gasteiger charge is 2.38. The number of rotatable bonds is 3. The molecule has 0 aromatic carbocycles. The van der Waals surface area contributed by atoms with Crippen LogP contribution in [0.2, 0.25) is 0 Å². The first-order chi connectivity index (χ1) is 6.09. The highest BCUT2D eigenvalue weighted by molar-refractivity contribution is 8.05. The molecule has 1 fully saturated rings. The van der Waals surface area contributed by atoms with E-state index >= 15 is 0 Å². The Morgan fingerprint density at radius 3 is 2.92 bits per heavy atom. The molecule has 0 aromatic rings. The lowest BCUT2D eigenvalue weighted by Gasteiger charge is -2.23. The minimum absolute atomic E-state index is 0.402. The molecule has 5 heteroatoms. The monoisotopic (exact) mass is 199 g/mol. The Kier molecular flexibility index (Phi) is 2.00. The van der Waals surface area contributed by atoms with Crippen LogP contribution in [0.3, 0.4) is 0 Å². The molecule has 1 heterocycles. The van der Waals surface area contributed by atoms with E-state index in [9.17, 15) is 4.79 Å². The van der Waals surface area contributed by atoms with Crippen molar-refractivity contribution >= 4 is 17.7 Å². The van der Waals surface area contributed by atoms with Crippen molar-refractivity contribution in [2.24, 2.45) is 17.4 Å². The maximum absolute atomic E-state index is 10.8. The van der Waals surface area contributed by atoms with Crippen molar-refractivity contribution in [3.8, 4) is 0 Å². The topological polar surface area (TPSA) is 81.1 Å². The highest BCUT2D eigenvalue weighted by atomic mass is 32.2. The number of hydrogen-bond acceptors (Lipinski definition) is 4. The zero-order valence-corrected chi connectivity index (χ0v) is 8.06. The van der Waals surface area contributed by atoms with Crippen LogP contribution in [0.15, 0.2) is 11.1 Å². The van der Waals surface area contributed by atoms with Crippen LogP contribution in [0, 0.1) is 5.92 Å². The average molecular weight is 199 g/mol. The van der Waals surface area contributed by atoms with Crippen LogP contribution in [0.1, 0.15) is 19.3 Å². The van der Waals surface area contributed by atoms with Crippen LogP contribution < -0.4 is 16.8 Å². The molecule has 0 spiro atoms. The van der Waals surface area contributed by atoms with Crippen molar-refractivity contribution in [3.05, 3.63) is 11.1 Å². The van der Waals surface area contributed by atoms with Crippen molar-refractivity contribution < 1.29 is 4.79 Å². The van der Waals surface area contributed by atoms with Crippen molar-refractivity contribution in [1.82, 2.24) is 5.32 Å². The Bertz CT molecular complexity index is 275. The fraction of sp³-hybridized carbons (Fsp3) is 0.625. The van der Waals surface area contributed by atoms with Crippen LogP contribution in [0.25, 0.3) is 0 Å². The third-order valence-corrected chi connectivity index (χ3v) is 3.46. The third kappa shape index (κ3) is 1.97. The second-order valence-electron chi connectivity index (χ2n) is 3.66. The number of nitrogens with two attached hydrogens (primary N) is 2. The molecule has 0 radical (unpaired) electrons. The molecule has 0 aromatic heterocycles. The zero-order chi connectivity index (χ0) is 9.47. The SMILES string of the molecule is NC(=O)C1=CNC(N)(CC2CC2)S1. The molecule has 0 saturated heterocycles. The second-order valence-corrected chi connectivity index (χ2v) is 5.03. The fourth-order valence-electron chi connectivity index (χ4n) is 1.42. The minimum Gasteiger partial charge on any atom is -0.365 e. The summed E-state index contributed by atoms with van der Waals surface area (Å²) < 4.78 is 0. The molecule has 72 valence electrons. The number of hydrogen-bond donors (Lipinski definition) is 3. The standard InChI is InChI=1S/C8H13N3OS/c9-7(12)6-4-11-8(10,13-6)3-5-1-2-5/h4-5,11H,1-3,10H2,(H2,9,12). The number of carbonyl (C=O) groups excluding carboxylic acids is 1. The van der Waals surface area contributed by atoms with Gasteiger partial charge in [-0.25, -0.2) is 0 Å². The van der Waals surface area contributed by atoms with Gasteiger partial charge >= 0.3 is 0 Å². The Morgan fingerprint density at radius 2 is 2.46 bits per heavy atom. The molecule has 1 saturated carbocycles. The molecule has 1 atom stereocenters. The maximum Gasteiger partial charge on any atom is 0.256 e. The van der Waals surface area contributed by atoms with Crippen LogP contribution in [0.4, 0.5) is 0 Å². The summed E-state index contributed by atoms with van der Waals surface area (Å²) in [5.41, 5.74) is 11.2. The predicted molar refractivity (Wildman–Crippen MR) is 52.3 cm³/mol. The Balaban J connectivity index is 1.94. The highest BCUT2D eigenvalue weighted by Crippen LogP contribution is 2.42. The lowest BCUT2D eigenvalue weighted by atomic mass is 10.2. The molecule has 13 heavy (non-hydrogen) atoms. The van der Waals surface area contributed by atoms with Gasteiger partial charge in [0.05, 0.1) is 4.91 Å². The Labute approximate surface area is 81.1 Å². The number of nitrogens with one attached hydrogen (secondary N) is 1. The molecule has 1 amide bonds. The lowest BCUT2D eigenvalue weighted by molar-refractivity contribution is -0.113. The maximum atomic E-state index is 10.8. The van der Waals surface area contributed by atoms with E-state index in [4.69, 9.17) is 11.5 Å². The molecule has 5 N–H and O–H groups in total. The number of amides is 1. The molecule has 0 bridgehead atoms. The van der Waals surface area contributed by atoms with Crippen molar-refractivity contribution in [3.63, 3.8) is 0 Å². The average Bonchev–Trinajstić information content (AvgIpc) is 2.73. The summed E-state index contributed by atoms with van der Waals surface area (Å²) >= 11 is 1.34. The van der Waals surface area contributed by atoms with Gasteiger partial charge in [0.15, 0.2) is 0 Å². The Hall–Kier alpha value is -0.680. The number of carbonyl (C=O) groups is 1. The quantitative estimate of drug-likeness (QED) is 0.600. The lowest BCUT2D eigenvalue weighted by Crippen LogP contribution is -2.45. The van der Waals surface area contributed by atoms with Crippen LogP contribution in [-0.2, 0) is 4.79 Å². The first-order valence-corrected chi connectivity index (χ1v) is 5.16. The zero-order valence-electron chi connectivity index (χ0n) is 7.25. The van der Waals surface area contributed by atoms with Crippen LogP contribution >= 0.6 is 11.8 Å². The van der Waals surface area contributed by atoms with Crippen molar-refractivity contribution in [2.45, 2.75) is 24.3 Å². The Morgan fingerprint density at radius 1 is 1.77 bits per heavy atom. The largest absolute Gasteiger partial charge is 0.365 e. The van der Waals surface area contributed by atoms with Gasteiger partial charge in [-0.2, -0.15) is 0 Å². The number of primary amides is 1. The van der Waals surface area contributed by atoms with E-state index in [0.717, 1.165) is 12.3 Å². The molecular formula is C8H13N3OS. The van der Waals surface area contributed by atoms with E-state index in [1.807, 2.05) is 0 Å². The molecule has 4 nitrogen and oxygen atoms in total. The minimum atomic E-state index is -0.495. The summed E-state index contributed by atoms with van der Waals surface area (Å²) in [7, 11) is 0.